The van der Waals surface area contributed by atoms with Crippen molar-refractivity contribution in [3.63, 3.8) is 0 Å². The molecule has 0 spiro atoms. The summed E-state index contributed by atoms with van der Waals surface area (Å²) in [4.78, 5) is 13.9. The van der Waals surface area contributed by atoms with Crippen LogP contribution in [0.3, 0.4) is 0 Å². The van der Waals surface area contributed by atoms with Gasteiger partial charge < -0.3 is 0 Å². The first-order valence-corrected chi connectivity index (χ1v) is 17.8. The number of carbonyl (C=O) groups excluding carboxylic acids is 1. The van der Waals surface area contributed by atoms with Crippen LogP contribution in [0.1, 0.15) is 108 Å². The fraction of sp³-hybridized carbons (Fsp3) is 0.564. The van der Waals surface area contributed by atoms with E-state index in [1.165, 1.54) is 87.5 Å². The number of rotatable bonds is 11. The lowest BCUT2D eigenvalue weighted by Gasteiger charge is -2.34. The van der Waals surface area contributed by atoms with Crippen molar-refractivity contribution in [2.75, 3.05) is 5.75 Å². The van der Waals surface area contributed by atoms with Crippen molar-refractivity contribution in [3.05, 3.63) is 77.9 Å². The number of carbonyl (C=O) groups is 1. The minimum atomic E-state index is 0.279. The predicted molar refractivity (Wildman–Crippen MR) is 176 cm³/mol. The van der Waals surface area contributed by atoms with Crippen molar-refractivity contribution in [2.24, 2.45) is 35.0 Å². The van der Waals surface area contributed by atoms with Crippen molar-refractivity contribution in [1.29, 1.82) is 0 Å². The molecule has 1 heterocycles. The maximum Gasteiger partial charge on any atom is 0.155 e. The van der Waals surface area contributed by atoms with E-state index in [1.54, 1.807) is 11.6 Å². The molecule has 1 aliphatic heterocycles. The zero-order chi connectivity index (χ0) is 28.1. The van der Waals surface area contributed by atoms with Crippen molar-refractivity contribution in [1.82, 2.24) is 0 Å². The van der Waals surface area contributed by atoms with Gasteiger partial charge >= 0.3 is 0 Å². The highest BCUT2D eigenvalue weighted by atomic mass is 32.2. The van der Waals surface area contributed by atoms with Gasteiger partial charge in [-0.15, -0.1) is 11.8 Å². The van der Waals surface area contributed by atoms with E-state index in [-0.39, 0.29) is 5.78 Å². The van der Waals surface area contributed by atoms with Gasteiger partial charge in [-0.1, -0.05) is 106 Å². The summed E-state index contributed by atoms with van der Waals surface area (Å²) >= 11 is 2.00. The van der Waals surface area contributed by atoms with E-state index < -0.39 is 0 Å². The van der Waals surface area contributed by atoms with Crippen LogP contribution in [0.4, 0.5) is 0 Å². The Hall–Kier alpha value is -2.06. The lowest BCUT2D eigenvalue weighted by molar-refractivity contribution is -0.114. The molecule has 2 aromatic rings. The molecule has 3 aliphatic carbocycles. The third-order valence-corrected chi connectivity index (χ3v) is 12.4. The van der Waals surface area contributed by atoms with E-state index in [9.17, 15) is 4.79 Å². The topological polar surface area (TPSA) is 17.1 Å². The second-order valence-corrected chi connectivity index (χ2v) is 15.0. The van der Waals surface area contributed by atoms with Gasteiger partial charge in [0.1, 0.15) is 0 Å². The highest BCUT2D eigenvalue weighted by Gasteiger charge is 2.61. The summed E-state index contributed by atoms with van der Waals surface area (Å²) in [5.74, 6) is 6.07. The monoisotopic (exact) mass is 566 g/mol. The van der Waals surface area contributed by atoms with Gasteiger partial charge in [0.05, 0.1) is 0 Å². The lowest BCUT2D eigenvalue weighted by atomic mass is 9.71. The fourth-order valence-electron chi connectivity index (χ4n) is 9.05. The summed E-state index contributed by atoms with van der Waals surface area (Å²) < 4.78 is 0. The maximum absolute atomic E-state index is 12.4. The summed E-state index contributed by atoms with van der Waals surface area (Å²) in [6.07, 6.45) is 24.9. The average molecular weight is 567 g/mol. The number of ketones is 1. The fourth-order valence-corrected chi connectivity index (χ4v) is 10.0. The molecule has 218 valence electrons. The van der Waals surface area contributed by atoms with Gasteiger partial charge in [-0.3, -0.25) is 4.79 Å². The molecule has 6 rings (SSSR count). The highest BCUT2D eigenvalue weighted by Crippen LogP contribution is 2.68. The Balaban J connectivity index is 0.949. The van der Waals surface area contributed by atoms with Crippen LogP contribution in [0.5, 0.6) is 0 Å². The molecule has 4 unspecified atom stereocenters. The van der Waals surface area contributed by atoms with Crippen molar-refractivity contribution in [3.8, 4) is 0 Å². The van der Waals surface area contributed by atoms with Crippen molar-refractivity contribution < 1.29 is 4.79 Å². The highest BCUT2D eigenvalue weighted by molar-refractivity contribution is 7.99. The molecule has 3 saturated carbocycles. The summed E-state index contributed by atoms with van der Waals surface area (Å²) in [7, 11) is 0. The van der Waals surface area contributed by atoms with Crippen LogP contribution in [-0.4, -0.2) is 11.5 Å². The summed E-state index contributed by atoms with van der Waals surface area (Å²) in [5, 5.41) is 0. The van der Waals surface area contributed by atoms with Crippen LogP contribution < -0.4 is 0 Å². The molecule has 0 aromatic heterocycles. The third-order valence-electron chi connectivity index (χ3n) is 11.4. The number of hydrogen-bond acceptors (Lipinski definition) is 2. The number of fused-ring (bicyclic) bond motifs is 2. The molecule has 4 atom stereocenters. The van der Waals surface area contributed by atoms with Gasteiger partial charge in [0.2, 0.25) is 0 Å². The van der Waals surface area contributed by atoms with Crippen LogP contribution in [0.25, 0.3) is 11.6 Å². The summed E-state index contributed by atoms with van der Waals surface area (Å²) in [6.45, 7) is 2.67. The van der Waals surface area contributed by atoms with E-state index in [4.69, 9.17) is 0 Å². The molecular formula is C39H50OS. The van der Waals surface area contributed by atoms with Crippen LogP contribution in [0.15, 0.2) is 71.6 Å². The largest absolute Gasteiger partial charge is 0.295 e. The van der Waals surface area contributed by atoms with E-state index >= 15 is 0 Å². The smallest absolute Gasteiger partial charge is 0.155 e. The molecular weight excluding hydrogens is 516 g/mol. The molecule has 0 bridgehead atoms. The van der Waals surface area contributed by atoms with E-state index in [0.29, 0.717) is 11.8 Å². The standard InChI is InChI=1S/C39H50OS/c1-39(36-23-20-30(21-24-37(36)39)27-32-25-26-41-38-18-10-9-17-35(32)38)28-33-15-6-5-13-31(33)14-7-8-16-34(40)22-19-29-11-3-2-4-12-29/h2-4,9-12,17-19,22,25,30-31,33,36-37H,5-8,13-16,20-21,23-24,26-28H2,1H3. The lowest BCUT2D eigenvalue weighted by Crippen LogP contribution is -2.23. The van der Waals surface area contributed by atoms with Gasteiger partial charge in [-0.2, -0.15) is 0 Å². The zero-order valence-electron chi connectivity index (χ0n) is 25.2. The second-order valence-electron chi connectivity index (χ2n) is 13.9. The Bertz CT molecular complexity index is 1210. The Morgan fingerprint density at radius 2 is 1.61 bits per heavy atom. The van der Waals surface area contributed by atoms with Crippen LogP contribution in [0, 0.1) is 35.0 Å². The minimum absolute atomic E-state index is 0.279. The van der Waals surface area contributed by atoms with E-state index in [1.807, 2.05) is 36.0 Å². The first kappa shape index (κ1) is 29.0. The molecule has 1 nitrogen and oxygen atoms in total. The normalized spacial score (nSPS) is 31.1. The Labute approximate surface area is 253 Å². The Morgan fingerprint density at radius 3 is 2.41 bits per heavy atom. The van der Waals surface area contributed by atoms with Crippen molar-refractivity contribution >= 4 is 29.2 Å². The predicted octanol–water partition coefficient (Wildman–Crippen LogP) is 11.0. The first-order valence-electron chi connectivity index (χ1n) is 16.8. The average Bonchev–Trinajstić information content (AvgIpc) is 3.64. The number of unbranched alkanes of at least 4 members (excludes halogenated alkanes) is 1. The van der Waals surface area contributed by atoms with E-state index in [0.717, 1.165) is 47.3 Å². The minimum Gasteiger partial charge on any atom is -0.295 e. The summed E-state index contributed by atoms with van der Waals surface area (Å²) in [5.41, 5.74) is 4.86. The van der Waals surface area contributed by atoms with Gasteiger partial charge in [-0.25, -0.2) is 0 Å². The van der Waals surface area contributed by atoms with Gasteiger partial charge in [0.25, 0.3) is 0 Å². The first-order chi connectivity index (χ1) is 20.1. The van der Waals surface area contributed by atoms with Gasteiger partial charge in [0, 0.05) is 17.1 Å². The Kier molecular flexibility index (Phi) is 9.56. The number of thioether (sulfide) groups is 1. The molecule has 0 radical (unpaired) electrons. The molecule has 0 amide bonds. The molecule has 4 aliphatic rings. The molecule has 3 fully saturated rings. The van der Waals surface area contributed by atoms with Gasteiger partial charge in [-0.05, 0) is 109 Å². The molecule has 2 heteroatoms. The molecule has 0 saturated heterocycles. The SMILES string of the molecule is CC1(CC2CCCCC2CCCCC(=O)C=Cc2ccccc2)C2CCC(CC3=CCSc4ccccc43)CCC21. The van der Waals surface area contributed by atoms with E-state index in [2.05, 4.69) is 49.4 Å². The second kappa shape index (κ2) is 13.5. The number of allylic oxidation sites excluding steroid dienone is 2. The molecule has 2 aromatic carbocycles. The zero-order valence-corrected chi connectivity index (χ0v) is 26.1. The summed E-state index contributed by atoms with van der Waals surface area (Å²) in [6, 6.07) is 19.2. The maximum atomic E-state index is 12.4. The molecule has 41 heavy (non-hydrogen) atoms. The van der Waals surface area contributed by atoms with Crippen LogP contribution in [-0.2, 0) is 4.79 Å². The van der Waals surface area contributed by atoms with Crippen molar-refractivity contribution in [2.45, 2.75) is 102 Å². The number of benzene rings is 2. The quantitative estimate of drug-likeness (QED) is 0.199. The number of hydrogen-bond donors (Lipinski definition) is 0. The molecule has 0 N–H and O–H groups in total. The van der Waals surface area contributed by atoms with Crippen LogP contribution in [0.2, 0.25) is 0 Å². The van der Waals surface area contributed by atoms with Crippen LogP contribution >= 0.6 is 11.8 Å². The van der Waals surface area contributed by atoms with Gasteiger partial charge in [0.15, 0.2) is 5.78 Å². The Morgan fingerprint density at radius 1 is 0.878 bits per heavy atom. The third kappa shape index (κ3) is 7.12.